The summed E-state index contributed by atoms with van der Waals surface area (Å²) >= 11 is 0. The van der Waals surface area contributed by atoms with Crippen LogP contribution in [0.15, 0.2) is 17.0 Å². The zero-order valence-corrected chi connectivity index (χ0v) is 10.3. The molecule has 0 fully saturated rings. The summed E-state index contributed by atoms with van der Waals surface area (Å²) in [6.45, 7) is 0.909. The molecular weight excluding hydrogens is 259 g/mol. The molecule has 0 aliphatic rings. The van der Waals surface area contributed by atoms with Gasteiger partial charge in [-0.25, -0.2) is 17.9 Å². The molecule has 0 spiro atoms. The van der Waals surface area contributed by atoms with Crippen molar-refractivity contribution in [3.63, 3.8) is 0 Å². The van der Waals surface area contributed by atoms with Gasteiger partial charge in [-0.1, -0.05) is 0 Å². The zero-order chi connectivity index (χ0) is 13.8. The molecule has 18 heavy (non-hydrogen) atoms. The monoisotopic (exact) mass is 272 g/mol. The van der Waals surface area contributed by atoms with Crippen molar-refractivity contribution in [3.8, 4) is 6.07 Å². The van der Waals surface area contributed by atoms with Gasteiger partial charge in [0.1, 0.15) is 16.8 Å². The third kappa shape index (κ3) is 3.40. The number of anilines is 1. The van der Waals surface area contributed by atoms with Crippen LogP contribution >= 0.6 is 0 Å². The Bertz CT molecular complexity index is 580. The van der Waals surface area contributed by atoms with Crippen LogP contribution in [0.1, 0.15) is 12.0 Å². The first kappa shape index (κ1) is 14.4. The summed E-state index contributed by atoms with van der Waals surface area (Å²) in [4.78, 5) is -0.691. The van der Waals surface area contributed by atoms with Crippen LogP contribution in [-0.4, -0.2) is 21.5 Å². The van der Waals surface area contributed by atoms with Gasteiger partial charge in [0, 0.05) is 6.54 Å². The predicted octanol–water partition coefficient (Wildman–Crippen LogP) is 0.105. The molecule has 0 bridgehead atoms. The highest BCUT2D eigenvalue weighted by atomic mass is 32.2. The SMILES string of the molecule is N#Cc1cc(S(N)(=O)=O)c(F)cc1NCCCN. The number of benzene rings is 1. The third-order valence-electron chi connectivity index (χ3n) is 2.20. The number of primary sulfonamides is 1. The lowest BCUT2D eigenvalue weighted by molar-refractivity contribution is 0.568. The molecular formula is C10H13FN4O2S. The van der Waals surface area contributed by atoms with E-state index in [4.69, 9.17) is 16.1 Å². The van der Waals surface area contributed by atoms with Crippen LogP contribution in [0, 0.1) is 17.1 Å². The molecule has 5 N–H and O–H groups in total. The number of nitrogens with two attached hydrogens (primary N) is 2. The molecule has 8 heteroatoms. The third-order valence-corrected chi connectivity index (χ3v) is 3.12. The Morgan fingerprint density at radius 1 is 1.44 bits per heavy atom. The minimum atomic E-state index is -4.18. The van der Waals surface area contributed by atoms with Gasteiger partial charge in [-0.05, 0) is 25.1 Å². The van der Waals surface area contributed by atoms with E-state index >= 15 is 0 Å². The normalized spacial score (nSPS) is 11.0. The molecule has 1 aromatic rings. The van der Waals surface area contributed by atoms with E-state index < -0.39 is 20.7 Å². The lowest BCUT2D eigenvalue weighted by atomic mass is 10.2. The van der Waals surface area contributed by atoms with E-state index in [1.165, 1.54) is 0 Å². The maximum atomic E-state index is 13.5. The molecule has 0 unspecified atom stereocenters. The van der Waals surface area contributed by atoms with Gasteiger partial charge in [0.15, 0.2) is 0 Å². The van der Waals surface area contributed by atoms with Crippen LogP contribution in [0.5, 0.6) is 0 Å². The zero-order valence-electron chi connectivity index (χ0n) is 9.48. The lowest BCUT2D eigenvalue weighted by Crippen LogP contribution is -2.15. The summed E-state index contributed by atoms with van der Waals surface area (Å²) in [6, 6.07) is 3.63. The summed E-state index contributed by atoms with van der Waals surface area (Å²) in [7, 11) is -4.18. The van der Waals surface area contributed by atoms with Crippen LogP contribution in [-0.2, 0) is 10.0 Å². The van der Waals surface area contributed by atoms with Gasteiger partial charge in [-0.3, -0.25) is 0 Å². The average Bonchev–Trinajstić information content (AvgIpc) is 2.28. The van der Waals surface area contributed by atoms with Crippen molar-refractivity contribution in [2.45, 2.75) is 11.3 Å². The molecule has 0 aliphatic carbocycles. The maximum Gasteiger partial charge on any atom is 0.241 e. The summed E-state index contributed by atoms with van der Waals surface area (Å²) in [6.07, 6.45) is 0.642. The molecule has 0 aromatic heterocycles. The maximum absolute atomic E-state index is 13.5. The van der Waals surface area contributed by atoms with Crippen molar-refractivity contribution in [1.29, 1.82) is 5.26 Å². The van der Waals surface area contributed by atoms with Crippen molar-refractivity contribution >= 4 is 15.7 Å². The smallest absolute Gasteiger partial charge is 0.241 e. The highest BCUT2D eigenvalue weighted by Gasteiger charge is 2.17. The minimum absolute atomic E-state index is 0.0115. The van der Waals surface area contributed by atoms with Crippen LogP contribution in [0.3, 0.4) is 0 Å². The van der Waals surface area contributed by atoms with Gasteiger partial charge in [0.25, 0.3) is 0 Å². The van der Waals surface area contributed by atoms with E-state index in [0.29, 0.717) is 19.5 Å². The number of sulfonamides is 1. The van der Waals surface area contributed by atoms with E-state index in [0.717, 1.165) is 12.1 Å². The Hall–Kier alpha value is -1.69. The fourth-order valence-corrected chi connectivity index (χ4v) is 1.95. The van der Waals surface area contributed by atoms with Gasteiger partial charge >= 0.3 is 0 Å². The van der Waals surface area contributed by atoms with E-state index in [2.05, 4.69) is 5.32 Å². The van der Waals surface area contributed by atoms with Gasteiger partial charge < -0.3 is 11.1 Å². The van der Waals surface area contributed by atoms with E-state index in [-0.39, 0.29) is 11.3 Å². The summed E-state index contributed by atoms with van der Waals surface area (Å²) in [5.41, 5.74) is 5.53. The Morgan fingerprint density at radius 3 is 2.61 bits per heavy atom. The standard InChI is InChI=1S/C10H13FN4O2S/c11-8-5-9(15-3-1-2-12)7(6-13)4-10(8)18(14,16)17/h4-5,15H,1-3,12H2,(H2,14,16,17). The molecule has 0 saturated carbocycles. The van der Waals surface area contributed by atoms with Gasteiger partial charge in [0.05, 0.1) is 11.3 Å². The van der Waals surface area contributed by atoms with E-state index in [9.17, 15) is 12.8 Å². The van der Waals surface area contributed by atoms with Gasteiger partial charge in [0.2, 0.25) is 10.0 Å². The Balaban J connectivity index is 3.16. The van der Waals surface area contributed by atoms with Crippen LogP contribution in [0.25, 0.3) is 0 Å². The number of halogens is 1. The minimum Gasteiger partial charge on any atom is -0.384 e. The summed E-state index contributed by atoms with van der Waals surface area (Å²) < 4.78 is 35.7. The van der Waals surface area contributed by atoms with Crippen molar-refractivity contribution in [2.24, 2.45) is 10.9 Å². The molecule has 0 amide bonds. The second kappa shape index (κ2) is 5.77. The molecule has 0 aliphatic heterocycles. The van der Waals surface area contributed by atoms with E-state index in [1.807, 2.05) is 0 Å². The molecule has 0 saturated heterocycles. The van der Waals surface area contributed by atoms with Crippen molar-refractivity contribution in [1.82, 2.24) is 0 Å². The first-order valence-corrected chi connectivity index (χ1v) is 6.65. The topological polar surface area (TPSA) is 122 Å². The second-order valence-corrected chi connectivity index (χ2v) is 5.08. The Morgan fingerprint density at radius 2 is 2.11 bits per heavy atom. The van der Waals surface area contributed by atoms with Gasteiger partial charge in [-0.2, -0.15) is 5.26 Å². The highest BCUT2D eigenvalue weighted by Crippen LogP contribution is 2.22. The first-order chi connectivity index (χ1) is 8.40. The van der Waals surface area contributed by atoms with E-state index in [1.54, 1.807) is 6.07 Å². The van der Waals surface area contributed by atoms with Crippen LogP contribution in [0.4, 0.5) is 10.1 Å². The molecule has 6 nitrogen and oxygen atoms in total. The molecule has 1 rings (SSSR count). The number of nitrogens with one attached hydrogen (secondary N) is 1. The average molecular weight is 272 g/mol. The molecule has 98 valence electrons. The van der Waals surface area contributed by atoms with Crippen LogP contribution < -0.4 is 16.2 Å². The quantitative estimate of drug-likeness (QED) is 0.656. The second-order valence-electron chi connectivity index (χ2n) is 3.55. The molecule has 0 radical (unpaired) electrons. The first-order valence-electron chi connectivity index (χ1n) is 5.10. The molecule has 0 heterocycles. The number of rotatable bonds is 5. The van der Waals surface area contributed by atoms with Crippen LogP contribution in [0.2, 0.25) is 0 Å². The Labute approximate surface area is 104 Å². The van der Waals surface area contributed by atoms with Crippen molar-refractivity contribution < 1.29 is 12.8 Å². The number of nitriles is 1. The van der Waals surface area contributed by atoms with Crippen molar-refractivity contribution in [2.75, 3.05) is 18.4 Å². The molecule has 1 aromatic carbocycles. The highest BCUT2D eigenvalue weighted by molar-refractivity contribution is 7.89. The van der Waals surface area contributed by atoms with Crippen molar-refractivity contribution in [3.05, 3.63) is 23.5 Å². The predicted molar refractivity (Wildman–Crippen MR) is 64.6 cm³/mol. The number of hydrogen-bond acceptors (Lipinski definition) is 5. The fourth-order valence-electron chi connectivity index (χ4n) is 1.34. The Kier molecular flexibility index (Phi) is 4.61. The van der Waals surface area contributed by atoms with Gasteiger partial charge in [-0.15, -0.1) is 0 Å². The number of hydrogen-bond donors (Lipinski definition) is 3. The largest absolute Gasteiger partial charge is 0.384 e. The summed E-state index contributed by atoms with van der Waals surface area (Å²) in [5.74, 6) is -0.994. The number of nitrogens with zero attached hydrogens (tertiary/aromatic N) is 1. The fraction of sp³-hybridized carbons (Fsp3) is 0.300. The summed E-state index contributed by atoms with van der Waals surface area (Å²) in [5, 5.41) is 16.5. The lowest BCUT2D eigenvalue weighted by Gasteiger charge is -2.09. The molecule has 0 atom stereocenters.